The minimum Gasteiger partial charge on any atom is -0.426 e. The number of esters is 2. The molecule has 0 bridgehead atoms. The summed E-state index contributed by atoms with van der Waals surface area (Å²) in [5.74, 6) is -2.65. The van der Waals surface area contributed by atoms with E-state index in [2.05, 4.69) is 10.3 Å². The number of halogens is 1. The van der Waals surface area contributed by atoms with Gasteiger partial charge in [0.25, 0.3) is 11.8 Å². The van der Waals surface area contributed by atoms with Crippen molar-refractivity contribution in [2.45, 2.75) is 57.5 Å². The number of benzene rings is 1. The lowest BCUT2D eigenvalue weighted by Gasteiger charge is -2.50. The standard InChI is InChI=1S/C26H31N5O8S3.ClH/c1-12(27)21(33)17-7-5-6-8-18(17)22(34)23(35)29-19-24(36)31-20(26(37)39-15(4)38-14(3)32)16(9-40-25(19)31)10-41-30-11-28-13(2)42-30;/h5-8,12,15,19,22,25,34H,9-11,27H2,1-4H3,(H,29,35);1H/t12-,15?,19?,22?,25-;/m0./s1. The number of β-lactam (4-membered cyclic amide) rings is 1. The van der Waals surface area contributed by atoms with E-state index in [4.69, 9.17) is 15.2 Å². The molecule has 0 saturated carbocycles. The van der Waals surface area contributed by atoms with Crippen LogP contribution in [0.4, 0.5) is 0 Å². The monoisotopic (exact) mass is 673 g/mol. The Labute approximate surface area is 267 Å². The maximum Gasteiger partial charge on any atom is 0.358 e. The molecule has 0 spiro atoms. The van der Waals surface area contributed by atoms with Crippen LogP contribution in [0.3, 0.4) is 0 Å². The van der Waals surface area contributed by atoms with E-state index in [0.29, 0.717) is 23.7 Å². The first-order chi connectivity index (χ1) is 19.9. The molecule has 1 fully saturated rings. The summed E-state index contributed by atoms with van der Waals surface area (Å²) in [6.45, 7) is 6.45. The predicted octanol–water partition coefficient (Wildman–Crippen LogP) is 1.77. The average molecular weight is 674 g/mol. The quantitative estimate of drug-likeness (QED) is 0.102. The number of fused-ring (bicyclic) bond motifs is 1. The number of nitrogens with one attached hydrogen (secondary N) is 1. The zero-order valence-electron chi connectivity index (χ0n) is 23.7. The zero-order valence-corrected chi connectivity index (χ0v) is 26.9. The van der Waals surface area contributed by atoms with Gasteiger partial charge < -0.3 is 25.6 Å². The number of Topliss-reactive ketones (excluding diaryl/α,β-unsaturated/α-hetero) is 1. The molecule has 0 aromatic heterocycles. The number of aliphatic hydroxyl groups excluding tert-OH is 1. The molecule has 4 N–H and O–H groups in total. The summed E-state index contributed by atoms with van der Waals surface area (Å²) in [6, 6.07) is 4.20. The van der Waals surface area contributed by atoms with Crippen LogP contribution < -0.4 is 11.1 Å². The van der Waals surface area contributed by atoms with Gasteiger partial charge in [-0.05, 0) is 31.4 Å². The Morgan fingerprint density at radius 1 is 1.23 bits per heavy atom. The lowest BCUT2D eigenvalue weighted by atomic mass is 9.95. The first kappa shape index (κ1) is 34.9. The molecule has 2 amide bonds. The number of hydrogen-bond acceptors (Lipinski definition) is 14. The van der Waals surface area contributed by atoms with Gasteiger partial charge in [-0.2, -0.15) is 3.71 Å². The van der Waals surface area contributed by atoms with Gasteiger partial charge in [-0.15, -0.1) is 24.2 Å². The predicted molar refractivity (Wildman–Crippen MR) is 166 cm³/mol. The number of aliphatic imine (C=N–C) groups is 1. The fourth-order valence-corrected chi connectivity index (χ4v) is 7.78. The second-order valence-corrected chi connectivity index (χ2v) is 13.1. The third kappa shape index (κ3) is 7.92. The van der Waals surface area contributed by atoms with Gasteiger partial charge in [0.05, 0.1) is 11.1 Å². The molecule has 3 aliphatic heterocycles. The fourth-order valence-electron chi connectivity index (χ4n) is 4.41. The number of thioether (sulfide) groups is 1. The molecule has 3 unspecified atom stereocenters. The van der Waals surface area contributed by atoms with Crippen molar-refractivity contribution in [2.75, 3.05) is 18.2 Å². The van der Waals surface area contributed by atoms with Crippen LogP contribution in [0, 0.1) is 0 Å². The van der Waals surface area contributed by atoms with E-state index in [0.717, 1.165) is 5.04 Å². The van der Waals surface area contributed by atoms with E-state index in [1.165, 1.54) is 73.5 Å². The summed E-state index contributed by atoms with van der Waals surface area (Å²) in [6.07, 6.45) is -2.92. The van der Waals surface area contributed by atoms with E-state index < -0.39 is 59.4 Å². The van der Waals surface area contributed by atoms with E-state index in [9.17, 15) is 29.1 Å². The van der Waals surface area contributed by atoms with Gasteiger partial charge in [0.1, 0.15) is 23.8 Å². The Morgan fingerprint density at radius 2 is 1.93 bits per heavy atom. The van der Waals surface area contributed by atoms with Gasteiger partial charge in [-0.1, -0.05) is 36.2 Å². The molecule has 0 aliphatic carbocycles. The number of hydrogen-bond donors (Lipinski definition) is 3. The van der Waals surface area contributed by atoms with Crippen LogP contribution in [0.1, 0.15) is 49.7 Å². The van der Waals surface area contributed by atoms with Crippen LogP contribution in [0.5, 0.6) is 0 Å². The van der Waals surface area contributed by atoms with Gasteiger partial charge in [0.15, 0.2) is 11.9 Å². The average Bonchev–Trinajstić information content (AvgIpc) is 3.37. The lowest BCUT2D eigenvalue weighted by molar-refractivity contribution is -0.182. The molecule has 1 aromatic rings. The molecule has 1 saturated heterocycles. The van der Waals surface area contributed by atoms with Crippen molar-refractivity contribution in [3.63, 3.8) is 0 Å². The van der Waals surface area contributed by atoms with E-state index in [1.54, 1.807) is 12.1 Å². The smallest absolute Gasteiger partial charge is 0.358 e. The van der Waals surface area contributed by atoms with Crippen molar-refractivity contribution in [3.8, 4) is 0 Å². The second-order valence-electron chi connectivity index (χ2n) is 9.59. The number of carbonyl (C=O) groups excluding carboxylic acids is 5. The molecule has 3 aliphatic rings. The maximum absolute atomic E-state index is 13.4. The number of ketones is 1. The molecule has 1 aromatic carbocycles. The summed E-state index contributed by atoms with van der Waals surface area (Å²) in [7, 11) is 0. The highest BCUT2D eigenvalue weighted by Gasteiger charge is 2.55. The molecule has 4 rings (SSSR count). The third-order valence-corrected chi connectivity index (χ3v) is 9.82. The van der Waals surface area contributed by atoms with Crippen LogP contribution >= 0.6 is 48.1 Å². The normalized spacial score (nSPS) is 21.9. The first-order valence-electron chi connectivity index (χ1n) is 12.9. The summed E-state index contributed by atoms with van der Waals surface area (Å²) in [5.41, 5.74) is 6.55. The SMILES string of the molecule is CC(=O)OC(C)OC(=O)C1=C(CSN2CN=C(C)S2)CS[C@H]2C(NC(=O)C(O)c3ccccc3C(=O)[C@H](C)N)C(=O)N12.Cl. The van der Waals surface area contributed by atoms with Crippen molar-refractivity contribution < 1.29 is 38.6 Å². The Balaban J connectivity index is 0.00000506. The van der Waals surface area contributed by atoms with Crippen molar-refractivity contribution in [1.29, 1.82) is 0 Å². The maximum atomic E-state index is 13.4. The van der Waals surface area contributed by atoms with Crippen molar-refractivity contribution >= 4 is 82.6 Å². The second kappa shape index (κ2) is 14.9. The molecule has 43 heavy (non-hydrogen) atoms. The Bertz CT molecular complexity index is 1360. The summed E-state index contributed by atoms with van der Waals surface area (Å²) in [5, 5.41) is 13.6. The highest BCUT2D eigenvalue weighted by molar-refractivity contribution is 8.20. The van der Waals surface area contributed by atoms with Crippen molar-refractivity contribution in [1.82, 2.24) is 13.9 Å². The Morgan fingerprint density at radius 3 is 2.56 bits per heavy atom. The number of nitrogens with two attached hydrogens (primary N) is 1. The number of nitrogens with zero attached hydrogens (tertiary/aromatic N) is 3. The number of carbonyl (C=O) groups is 5. The minimum absolute atomic E-state index is 0. The molecular formula is C26H32ClN5O8S3. The van der Waals surface area contributed by atoms with Gasteiger partial charge >= 0.3 is 11.9 Å². The van der Waals surface area contributed by atoms with Gasteiger partial charge in [-0.3, -0.25) is 29.1 Å². The largest absolute Gasteiger partial charge is 0.426 e. The first-order valence-corrected chi connectivity index (χ1v) is 15.7. The molecular weight excluding hydrogens is 642 g/mol. The molecule has 0 radical (unpaired) electrons. The molecule has 3 heterocycles. The third-order valence-electron chi connectivity index (χ3n) is 6.35. The summed E-state index contributed by atoms with van der Waals surface area (Å²) in [4.78, 5) is 69.1. The molecule has 13 nitrogen and oxygen atoms in total. The van der Waals surface area contributed by atoms with Crippen LogP contribution in [-0.2, 0) is 28.7 Å². The minimum atomic E-state index is -1.74. The van der Waals surface area contributed by atoms with Crippen LogP contribution in [-0.4, -0.2) is 90.2 Å². The fraction of sp³-hybridized carbons (Fsp3) is 0.462. The highest BCUT2D eigenvalue weighted by Crippen LogP contribution is 2.42. The van der Waals surface area contributed by atoms with Crippen LogP contribution in [0.2, 0.25) is 0 Å². The van der Waals surface area contributed by atoms with Crippen molar-refractivity contribution in [2.24, 2.45) is 10.7 Å². The van der Waals surface area contributed by atoms with Gasteiger partial charge in [0, 0.05) is 36.5 Å². The molecule has 17 heteroatoms. The van der Waals surface area contributed by atoms with E-state index in [-0.39, 0.29) is 29.2 Å². The Kier molecular flexibility index (Phi) is 12.1. The Hall–Kier alpha value is -2.60. The lowest BCUT2D eigenvalue weighted by Crippen LogP contribution is -2.71. The number of ether oxygens (including phenoxy) is 2. The zero-order chi connectivity index (χ0) is 30.7. The van der Waals surface area contributed by atoms with Crippen LogP contribution in [0.15, 0.2) is 40.5 Å². The number of aliphatic hydroxyl groups is 1. The number of amides is 2. The summed E-state index contributed by atoms with van der Waals surface area (Å²) < 4.78 is 12.2. The topological polar surface area (TPSA) is 181 Å². The van der Waals surface area contributed by atoms with E-state index >= 15 is 0 Å². The summed E-state index contributed by atoms with van der Waals surface area (Å²) >= 11 is 4.25. The molecule has 234 valence electrons. The highest BCUT2D eigenvalue weighted by atomic mass is 35.5. The molecule has 5 atom stereocenters. The number of rotatable bonds is 11. The van der Waals surface area contributed by atoms with Gasteiger partial charge in [0.2, 0.25) is 6.29 Å². The van der Waals surface area contributed by atoms with E-state index in [1.807, 2.05) is 10.6 Å². The van der Waals surface area contributed by atoms with Crippen LogP contribution in [0.25, 0.3) is 0 Å². The van der Waals surface area contributed by atoms with Gasteiger partial charge in [-0.25, -0.2) is 4.79 Å². The van der Waals surface area contributed by atoms with Crippen molar-refractivity contribution in [3.05, 3.63) is 46.7 Å².